The van der Waals surface area contributed by atoms with Gasteiger partial charge in [0.2, 0.25) is 0 Å². The van der Waals surface area contributed by atoms with Gasteiger partial charge in [0, 0.05) is 6.04 Å². The zero-order chi connectivity index (χ0) is 14.5. The molecule has 106 valence electrons. The fourth-order valence-corrected chi connectivity index (χ4v) is 2.28. The maximum atomic E-state index is 6.29. The summed E-state index contributed by atoms with van der Waals surface area (Å²) in [6.45, 7) is 6.15. The van der Waals surface area contributed by atoms with E-state index in [9.17, 15) is 0 Å². The van der Waals surface area contributed by atoms with Gasteiger partial charge in [-0.3, -0.25) is 0 Å². The second kappa shape index (κ2) is 6.58. The number of ether oxygens (including phenoxy) is 1. The van der Waals surface area contributed by atoms with E-state index in [-0.39, 0.29) is 12.1 Å². The molecular weight excluding hydrogens is 246 g/mol. The van der Waals surface area contributed by atoms with Crippen LogP contribution >= 0.6 is 0 Å². The van der Waals surface area contributed by atoms with Crippen LogP contribution < -0.4 is 10.5 Å². The van der Waals surface area contributed by atoms with E-state index >= 15 is 0 Å². The van der Waals surface area contributed by atoms with Crippen LogP contribution in [0.15, 0.2) is 48.5 Å². The summed E-state index contributed by atoms with van der Waals surface area (Å²) in [5, 5.41) is 0. The van der Waals surface area contributed by atoms with Crippen molar-refractivity contribution < 1.29 is 4.74 Å². The summed E-state index contributed by atoms with van der Waals surface area (Å²) in [6.07, 6.45) is 1.05. The van der Waals surface area contributed by atoms with Crippen molar-refractivity contribution in [2.45, 2.75) is 39.3 Å². The fourth-order valence-electron chi connectivity index (χ4n) is 2.28. The molecule has 0 amide bonds. The Kier molecular flexibility index (Phi) is 4.80. The molecular formula is C18H23NO. The SMILES string of the molecule is Cc1cccc(CC(N)c2ccc(OC(C)C)cc2)c1. The predicted octanol–water partition coefficient (Wildman–Crippen LogP) is 4.02. The molecule has 0 heterocycles. The number of nitrogens with two attached hydrogens (primary N) is 1. The van der Waals surface area contributed by atoms with Crippen molar-refractivity contribution in [3.05, 3.63) is 65.2 Å². The van der Waals surface area contributed by atoms with Crippen molar-refractivity contribution in [3.63, 3.8) is 0 Å². The first-order chi connectivity index (χ1) is 9.54. The molecule has 2 rings (SSSR count). The quantitative estimate of drug-likeness (QED) is 0.889. The Hall–Kier alpha value is -1.80. The van der Waals surface area contributed by atoms with Crippen LogP contribution in [0, 0.1) is 6.92 Å². The minimum atomic E-state index is 0.0184. The molecule has 2 aromatic rings. The Balaban J connectivity index is 2.03. The van der Waals surface area contributed by atoms with E-state index in [0.717, 1.165) is 17.7 Å². The van der Waals surface area contributed by atoms with E-state index in [1.807, 2.05) is 26.0 Å². The van der Waals surface area contributed by atoms with Crippen molar-refractivity contribution >= 4 is 0 Å². The predicted molar refractivity (Wildman–Crippen MR) is 84.0 cm³/mol. The Morgan fingerprint density at radius 2 is 1.75 bits per heavy atom. The molecule has 0 saturated heterocycles. The Bertz CT molecular complexity index is 546. The zero-order valence-electron chi connectivity index (χ0n) is 12.5. The van der Waals surface area contributed by atoms with Crippen molar-refractivity contribution in [2.75, 3.05) is 0 Å². The third-order valence-electron chi connectivity index (χ3n) is 3.22. The summed E-state index contributed by atoms with van der Waals surface area (Å²) >= 11 is 0. The van der Waals surface area contributed by atoms with Crippen LogP contribution in [0.25, 0.3) is 0 Å². The highest BCUT2D eigenvalue weighted by molar-refractivity contribution is 5.31. The first-order valence-corrected chi connectivity index (χ1v) is 7.12. The molecule has 2 nitrogen and oxygen atoms in total. The fraction of sp³-hybridized carbons (Fsp3) is 0.333. The lowest BCUT2D eigenvalue weighted by atomic mass is 9.98. The number of hydrogen-bond acceptors (Lipinski definition) is 2. The standard InChI is InChI=1S/C18H23NO/c1-13(2)20-17-9-7-16(8-10-17)18(19)12-15-6-4-5-14(3)11-15/h4-11,13,18H,12,19H2,1-3H3. The van der Waals surface area contributed by atoms with Crippen molar-refractivity contribution in [1.29, 1.82) is 0 Å². The summed E-state index contributed by atoms with van der Waals surface area (Å²) in [5.74, 6) is 0.895. The number of rotatable bonds is 5. The molecule has 0 saturated carbocycles. The molecule has 0 fully saturated rings. The summed E-state index contributed by atoms with van der Waals surface area (Å²) in [6, 6.07) is 16.6. The lowest BCUT2D eigenvalue weighted by Gasteiger charge is -2.14. The molecule has 0 aliphatic heterocycles. The smallest absolute Gasteiger partial charge is 0.119 e. The van der Waals surface area contributed by atoms with Gasteiger partial charge in [-0.25, -0.2) is 0 Å². The van der Waals surface area contributed by atoms with Crippen LogP contribution in [-0.2, 0) is 6.42 Å². The lowest BCUT2D eigenvalue weighted by molar-refractivity contribution is 0.242. The van der Waals surface area contributed by atoms with Crippen molar-refractivity contribution in [3.8, 4) is 5.75 Å². The van der Waals surface area contributed by atoms with Crippen LogP contribution in [0.3, 0.4) is 0 Å². The molecule has 0 bridgehead atoms. The first-order valence-electron chi connectivity index (χ1n) is 7.12. The normalized spacial score (nSPS) is 12.4. The van der Waals surface area contributed by atoms with E-state index in [1.54, 1.807) is 0 Å². The van der Waals surface area contributed by atoms with Crippen LogP contribution in [0.1, 0.15) is 36.6 Å². The monoisotopic (exact) mass is 269 g/mol. The topological polar surface area (TPSA) is 35.2 Å². The van der Waals surface area contributed by atoms with Crippen LogP contribution in [0.4, 0.5) is 0 Å². The van der Waals surface area contributed by atoms with Gasteiger partial charge in [-0.1, -0.05) is 42.0 Å². The highest BCUT2D eigenvalue weighted by atomic mass is 16.5. The molecule has 2 N–H and O–H groups in total. The van der Waals surface area contributed by atoms with Gasteiger partial charge in [0.1, 0.15) is 5.75 Å². The highest BCUT2D eigenvalue weighted by Crippen LogP contribution is 2.20. The van der Waals surface area contributed by atoms with E-state index in [4.69, 9.17) is 10.5 Å². The largest absolute Gasteiger partial charge is 0.491 e. The average molecular weight is 269 g/mol. The zero-order valence-corrected chi connectivity index (χ0v) is 12.5. The van der Waals surface area contributed by atoms with Gasteiger partial charge in [0.25, 0.3) is 0 Å². The maximum absolute atomic E-state index is 6.29. The molecule has 2 heteroatoms. The second-order valence-corrected chi connectivity index (χ2v) is 5.54. The molecule has 20 heavy (non-hydrogen) atoms. The van der Waals surface area contributed by atoms with E-state index < -0.39 is 0 Å². The molecule has 0 spiro atoms. The summed E-state index contributed by atoms with van der Waals surface area (Å²) in [7, 11) is 0. The summed E-state index contributed by atoms with van der Waals surface area (Å²) < 4.78 is 5.64. The number of benzene rings is 2. The third-order valence-corrected chi connectivity index (χ3v) is 3.22. The van der Waals surface area contributed by atoms with Crippen LogP contribution in [-0.4, -0.2) is 6.10 Å². The lowest BCUT2D eigenvalue weighted by Crippen LogP contribution is -2.13. The molecule has 0 aliphatic rings. The number of aryl methyl sites for hydroxylation is 1. The number of hydrogen-bond donors (Lipinski definition) is 1. The third kappa shape index (κ3) is 4.10. The summed E-state index contributed by atoms with van der Waals surface area (Å²) in [4.78, 5) is 0. The van der Waals surface area contributed by atoms with Gasteiger partial charge in [0.15, 0.2) is 0 Å². The van der Waals surface area contributed by atoms with Gasteiger partial charge in [0.05, 0.1) is 6.10 Å². The van der Waals surface area contributed by atoms with Gasteiger partial charge >= 0.3 is 0 Å². The second-order valence-electron chi connectivity index (χ2n) is 5.54. The average Bonchev–Trinajstić information content (AvgIpc) is 2.38. The Labute approximate surface area is 121 Å². The van der Waals surface area contributed by atoms with Crippen LogP contribution in [0.5, 0.6) is 5.75 Å². The molecule has 1 unspecified atom stereocenters. The molecule has 0 radical (unpaired) electrons. The van der Waals surface area contributed by atoms with E-state index in [2.05, 4.69) is 43.3 Å². The molecule has 2 aromatic carbocycles. The molecule has 0 aliphatic carbocycles. The molecule has 1 atom stereocenters. The van der Waals surface area contributed by atoms with Crippen molar-refractivity contribution in [2.24, 2.45) is 5.73 Å². The first kappa shape index (κ1) is 14.6. The van der Waals surface area contributed by atoms with E-state index in [1.165, 1.54) is 11.1 Å². The Morgan fingerprint density at radius 1 is 1.05 bits per heavy atom. The molecule has 0 aromatic heterocycles. The van der Waals surface area contributed by atoms with Gasteiger partial charge in [-0.15, -0.1) is 0 Å². The van der Waals surface area contributed by atoms with Gasteiger partial charge in [-0.05, 0) is 50.5 Å². The highest BCUT2D eigenvalue weighted by Gasteiger charge is 2.08. The van der Waals surface area contributed by atoms with Gasteiger partial charge < -0.3 is 10.5 Å². The Morgan fingerprint density at radius 3 is 2.35 bits per heavy atom. The van der Waals surface area contributed by atoms with Crippen molar-refractivity contribution in [1.82, 2.24) is 0 Å². The maximum Gasteiger partial charge on any atom is 0.119 e. The summed E-state index contributed by atoms with van der Waals surface area (Å²) in [5.41, 5.74) is 9.98. The minimum absolute atomic E-state index is 0.0184. The minimum Gasteiger partial charge on any atom is -0.491 e. The van der Waals surface area contributed by atoms with E-state index in [0.29, 0.717) is 0 Å². The van der Waals surface area contributed by atoms with Crippen LogP contribution in [0.2, 0.25) is 0 Å². The van der Waals surface area contributed by atoms with Gasteiger partial charge in [-0.2, -0.15) is 0 Å².